The molecular formula is C19H29ClIN3O. The smallest absolute Gasteiger partial charge is 0.191 e. The van der Waals surface area contributed by atoms with E-state index in [1.165, 1.54) is 18.4 Å². The third-order valence-corrected chi connectivity index (χ3v) is 5.88. The maximum Gasteiger partial charge on any atom is 0.191 e. The molecule has 2 aliphatic heterocycles. The van der Waals surface area contributed by atoms with Gasteiger partial charge >= 0.3 is 0 Å². The van der Waals surface area contributed by atoms with Crippen molar-refractivity contribution in [3.05, 3.63) is 34.9 Å². The molecular weight excluding hydrogens is 449 g/mol. The number of piperidine rings is 1. The van der Waals surface area contributed by atoms with Gasteiger partial charge in [-0.25, -0.2) is 0 Å². The zero-order valence-electron chi connectivity index (χ0n) is 14.9. The van der Waals surface area contributed by atoms with Gasteiger partial charge in [0.15, 0.2) is 5.96 Å². The van der Waals surface area contributed by atoms with E-state index in [2.05, 4.69) is 24.0 Å². The van der Waals surface area contributed by atoms with Crippen LogP contribution in [0, 0.1) is 5.92 Å². The predicted octanol–water partition coefficient (Wildman–Crippen LogP) is 4.05. The Hall–Kier alpha value is -0.530. The van der Waals surface area contributed by atoms with Crippen LogP contribution in [0.2, 0.25) is 5.02 Å². The molecule has 2 aliphatic rings. The number of aliphatic imine (C=N–C) groups is 1. The van der Waals surface area contributed by atoms with Crippen LogP contribution in [-0.2, 0) is 10.2 Å². The Bertz CT molecular complexity index is 582. The van der Waals surface area contributed by atoms with Crippen LogP contribution >= 0.6 is 35.6 Å². The second-order valence-corrected chi connectivity index (χ2v) is 7.62. The number of likely N-dealkylation sites (tertiary alicyclic amines) is 1. The summed E-state index contributed by atoms with van der Waals surface area (Å²) in [5.41, 5.74) is 7.41. The molecule has 1 aromatic carbocycles. The maximum atomic E-state index is 6.50. The van der Waals surface area contributed by atoms with Gasteiger partial charge in [0, 0.05) is 36.7 Å². The fraction of sp³-hybridized carbons (Fsp3) is 0.632. The third kappa shape index (κ3) is 5.01. The van der Waals surface area contributed by atoms with Crippen molar-refractivity contribution in [2.24, 2.45) is 16.6 Å². The minimum atomic E-state index is -0.0652. The van der Waals surface area contributed by atoms with E-state index in [1.54, 1.807) is 0 Å². The molecule has 2 fully saturated rings. The van der Waals surface area contributed by atoms with E-state index in [-0.39, 0.29) is 29.4 Å². The topological polar surface area (TPSA) is 50.8 Å². The highest BCUT2D eigenvalue weighted by molar-refractivity contribution is 14.0. The lowest BCUT2D eigenvalue weighted by molar-refractivity contribution is 0.0530. The largest absolute Gasteiger partial charge is 0.381 e. The van der Waals surface area contributed by atoms with Crippen LogP contribution in [0.3, 0.4) is 0 Å². The van der Waals surface area contributed by atoms with Gasteiger partial charge < -0.3 is 15.4 Å². The summed E-state index contributed by atoms with van der Waals surface area (Å²) in [5.74, 6) is 1.47. The van der Waals surface area contributed by atoms with Crippen LogP contribution in [0.5, 0.6) is 0 Å². The summed E-state index contributed by atoms with van der Waals surface area (Å²) in [6.07, 6.45) is 4.26. The SMILES string of the molecule is CC1CCN(C(N)=NCC2(c3ccccc3Cl)CCOCC2)CC1.I. The zero-order chi connectivity index (χ0) is 17.0. The number of halogens is 2. The maximum absolute atomic E-state index is 6.50. The molecule has 0 unspecified atom stereocenters. The minimum Gasteiger partial charge on any atom is -0.381 e. The van der Waals surface area contributed by atoms with E-state index >= 15 is 0 Å². The molecule has 0 amide bonds. The van der Waals surface area contributed by atoms with E-state index in [0.717, 1.165) is 50.1 Å². The van der Waals surface area contributed by atoms with Gasteiger partial charge in [-0.15, -0.1) is 24.0 Å². The molecule has 0 atom stereocenters. The van der Waals surface area contributed by atoms with Gasteiger partial charge in [-0.3, -0.25) is 4.99 Å². The summed E-state index contributed by atoms with van der Waals surface area (Å²) < 4.78 is 5.59. The van der Waals surface area contributed by atoms with Crippen molar-refractivity contribution in [3.63, 3.8) is 0 Å². The predicted molar refractivity (Wildman–Crippen MR) is 115 cm³/mol. The lowest BCUT2D eigenvalue weighted by Crippen LogP contribution is -2.44. The monoisotopic (exact) mass is 477 g/mol. The fourth-order valence-electron chi connectivity index (χ4n) is 3.74. The van der Waals surface area contributed by atoms with Gasteiger partial charge in [-0.05, 0) is 43.2 Å². The fourth-order valence-corrected chi connectivity index (χ4v) is 4.07. The van der Waals surface area contributed by atoms with Gasteiger partial charge in [-0.1, -0.05) is 36.7 Å². The summed E-state index contributed by atoms with van der Waals surface area (Å²) in [7, 11) is 0. The average Bonchev–Trinajstić information content (AvgIpc) is 2.61. The normalized spacial score (nSPS) is 21.7. The third-order valence-electron chi connectivity index (χ3n) is 5.55. The van der Waals surface area contributed by atoms with E-state index < -0.39 is 0 Å². The first-order chi connectivity index (χ1) is 11.6. The van der Waals surface area contributed by atoms with E-state index in [0.29, 0.717) is 12.5 Å². The van der Waals surface area contributed by atoms with Gasteiger partial charge in [0.25, 0.3) is 0 Å². The van der Waals surface area contributed by atoms with Gasteiger partial charge in [0.1, 0.15) is 0 Å². The molecule has 3 rings (SSSR count). The highest BCUT2D eigenvalue weighted by Gasteiger charge is 2.36. The first kappa shape index (κ1) is 20.8. The number of rotatable bonds is 3. The Kier molecular flexibility index (Phi) is 7.83. The minimum absolute atomic E-state index is 0. The van der Waals surface area contributed by atoms with Crippen molar-refractivity contribution in [1.29, 1.82) is 0 Å². The van der Waals surface area contributed by atoms with Gasteiger partial charge in [0.05, 0.1) is 6.54 Å². The standard InChI is InChI=1S/C19H28ClN3O.HI/c1-15-6-10-23(11-7-15)18(21)22-14-19(8-12-24-13-9-19)16-4-2-3-5-17(16)20;/h2-5,15H,6-14H2,1H3,(H2,21,22);1H. The summed E-state index contributed by atoms with van der Waals surface area (Å²) in [6, 6.07) is 8.12. The van der Waals surface area contributed by atoms with Crippen LogP contribution in [-0.4, -0.2) is 43.7 Å². The molecule has 2 heterocycles. The van der Waals surface area contributed by atoms with Crippen molar-refractivity contribution in [2.75, 3.05) is 32.8 Å². The second kappa shape index (κ2) is 9.42. The Morgan fingerprint density at radius 3 is 2.56 bits per heavy atom. The number of nitrogens with two attached hydrogens (primary N) is 1. The Morgan fingerprint density at radius 2 is 1.92 bits per heavy atom. The van der Waals surface area contributed by atoms with Crippen molar-refractivity contribution in [1.82, 2.24) is 4.90 Å². The number of hydrogen-bond donors (Lipinski definition) is 1. The highest BCUT2D eigenvalue weighted by atomic mass is 127. The number of hydrogen-bond acceptors (Lipinski definition) is 2. The molecule has 0 aliphatic carbocycles. The first-order valence-corrected chi connectivity index (χ1v) is 9.36. The lowest BCUT2D eigenvalue weighted by atomic mass is 9.74. The van der Waals surface area contributed by atoms with E-state index in [1.807, 2.05) is 12.1 Å². The van der Waals surface area contributed by atoms with Crippen molar-refractivity contribution in [3.8, 4) is 0 Å². The summed E-state index contributed by atoms with van der Waals surface area (Å²) in [4.78, 5) is 7.01. The summed E-state index contributed by atoms with van der Waals surface area (Å²) in [6.45, 7) is 6.51. The number of nitrogens with zero attached hydrogens (tertiary/aromatic N) is 2. The molecule has 0 aromatic heterocycles. The molecule has 0 saturated carbocycles. The molecule has 2 N–H and O–H groups in total. The molecule has 0 radical (unpaired) electrons. The molecule has 0 spiro atoms. The highest BCUT2D eigenvalue weighted by Crippen LogP contribution is 2.39. The molecule has 4 nitrogen and oxygen atoms in total. The van der Waals surface area contributed by atoms with Crippen LogP contribution in [0.4, 0.5) is 0 Å². The molecule has 2 saturated heterocycles. The quantitative estimate of drug-likeness (QED) is 0.406. The zero-order valence-corrected chi connectivity index (χ0v) is 18.0. The number of ether oxygens (including phenoxy) is 1. The molecule has 25 heavy (non-hydrogen) atoms. The second-order valence-electron chi connectivity index (χ2n) is 7.22. The van der Waals surface area contributed by atoms with Gasteiger partial charge in [0.2, 0.25) is 0 Å². The van der Waals surface area contributed by atoms with Crippen molar-refractivity contribution >= 4 is 41.5 Å². The van der Waals surface area contributed by atoms with E-state index in [9.17, 15) is 0 Å². The molecule has 1 aromatic rings. The molecule has 0 bridgehead atoms. The first-order valence-electron chi connectivity index (χ1n) is 8.98. The summed E-state index contributed by atoms with van der Waals surface area (Å²) in [5, 5.41) is 0.819. The Labute approximate surface area is 173 Å². The van der Waals surface area contributed by atoms with E-state index in [4.69, 9.17) is 27.1 Å². The van der Waals surface area contributed by atoms with Crippen LogP contribution in [0.25, 0.3) is 0 Å². The van der Waals surface area contributed by atoms with Crippen LogP contribution in [0.15, 0.2) is 29.3 Å². The van der Waals surface area contributed by atoms with Crippen LogP contribution < -0.4 is 5.73 Å². The van der Waals surface area contributed by atoms with Crippen molar-refractivity contribution < 1.29 is 4.74 Å². The number of benzene rings is 1. The van der Waals surface area contributed by atoms with Gasteiger partial charge in [-0.2, -0.15) is 0 Å². The number of guanidine groups is 1. The Balaban J connectivity index is 0.00000225. The summed E-state index contributed by atoms with van der Waals surface area (Å²) >= 11 is 6.50. The molecule has 140 valence electrons. The van der Waals surface area contributed by atoms with Crippen LogP contribution in [0.1, 0.15) is 38.2 Å². The Morgan fingerprint density at radius 1 is 1.28 bits per heavy atom. The lowest BCUT2D eigenvalue weighted by Gasteiger charge is -2.38. The average molecular weight is 478 g/mol. The van der Waals surface area contributed by atoms with Crippen molar-refractivity contribution in [2.45, 2.75) is 38.0 Å². The molecule has 6 heteroatoms.